The minimum Gasteiger partial charge on any atom is -0.246 e. The second kappa shape index (κ2) is 2.82. The smallest absolute Gasteiger partial charge is 0.116 e. The maximum Gasteiger partial charge on any atom is 0.116 e. The van der Waals surface area contributed by atoms with Crippen LogP contribution >= 0.6 is 0 Å². The Bertz CT molecular complexity index is 127. The molecule has 0 N–H and O–H groups in total. The highest BCUT2D eigenvalue weighted by atomic mass is 19.1. The van der Waals surface area contributed by atoms with Gasteiger partial charge in [0, 0.05) is 0 Å². The first-order valence-electron chi connectivity index (χ1n) is 3.20. The molecule has 0 saturated heterocycles. The fraction of sp³-hybridized carbons (Fsp3) is 0.714. The Kier molecular flexibility index (Phi) is 2.05. The van der Waals surface area contributed by atoms with Gasteiger partial charge < -0.3 is 0 Å². The van der Waals surface area contributed by atoms with Crippen molar-refractivity contribution in [1.29, 1.82) is 5.26 Å². The molecule has 1 rings (SSSR count). The van der Waals surface area contributed by atoms with Gasteiger partial charge in [0.05, 0.1) is 12.0 Å². The molecule has 2 atom stereocenters. The number of halogens is 1. The quantitative estimate of drug-likeness (QED) is 0.486. The van der Waals surface area contributed by atoms with E-state index in [4.69, 9.17) is 5.26 Å². The van der Waals surface area contributed by atoms with Gasteiger partial charge in [0.1, 0.15) is 6.17 Å². The predicted octanol–water partition coefficient (Wildman–Crippen LogP) is 1.85. The van der Waals surface area contributed by atoms with E-state index in [2.05, 4.69) is 0 Å². The van der Waals surface area contributed by atoms with Gasteiger partial charge in [-0.15, -0.1) is 0 Å². The summed E-state index contributed by atoms with van der Waals surface area (Å²) in [6, 6.07) is 1.96. The molecule has 0 aromatic carbocycles. The Balaban J connectivity index is 2.41. The highest BCUT2D eigenvalue weighted by Crippen LogP contribution is 2.25. The van der Waals surface area contributed by atoms with Crippen LogP contribution in [0, 0.1) is 23.7 Å². The first-order valence-corrected chi connectivity index (χ1v) is 3.20. The van der Waals surface area contributed by atoms with Gasteiger partial charge in [0.2, 0.25) is 0 Å². The molecule has 1 aliphatic rings. The summed E-state index contributed by atoms with van der Waals surface area (Å²) in [7, 11) is 0. The fourth-order valence-electron chi connectivity index (χ4n) is 1.07. The standard InChI is InChI=1S/C7H9FN/c8-7-4-2-1-3-6(7)5-9/h2,6-7H,1,3-4H2. The Labute approximate surface area is 54.5 Å². The summed E-state index contributed by atoms with van der Waals surface area (Å²) >= 11 is 0. The van der Waals surface area contributed by atoms with Crippen LogP contribution < -0.4 is 0 Å². The summed E-state index contributed by atoms with van der Waals surface area (Å²) in [4.78, 5) is 0. The van der Waals surface area contributed by atoms with E-state index < -0.39 is 6.17 Å². The summed E-state index contributed by atoms with van der Waals surface area (Å²) in [6.07, 6.45) is 3.09. The first-order chi connectivity index (χ1) is 4.34. The molecule has 0 bridgehead atoms. The Hall–Kier alpha value is -0.580. The lowest BCUT2D eigenvalue weighted by molar-refractivity contribution is 0.231. The van der Waals surface area contributed by atoms with Crippen molar-refractivity contribution in [3.63, 3.8) is 0 Å². The zero-order valence-corrected chi connectivity index (χ0v) is 5.18. The van der Waals surface area contributed by atoms with Crippen LogP contribution in [0.4, 0.5) is 4.39 Å². The zero-order valence-electron chi connectivity index (χ0n) is 5.18. The molecule has 2 heteroatoms. The summed E-state index contributed by atoms with van der Waals surface area (Å²) < 4.78 is 12.6. The Morgan fingerprint density at radius 2 is 2.44 bits per heavy atom. The molecular formula is C7H9FN. The summed E-state index contributed by atoms with van der Waals surface area (Å²) in [6.45, 7) is 0. The molecule has 1 aliphatic carbocycles. The average Bonchev–Trinajstić information content (AvgIpc) is 1.89. The lowest BCUT2D eigenvalue weighted by Gasteiger charge is -2.18. The van der Waals surface area contributed by atoms with Crippen molar-refractivity contribution in [2.75, 3.05) is 0 Å². The van der Waals surface area contributed by atoms with E-state index in [1.807, 2.05) is 12.5 Å². The molecule has 2 unspecified atom stereocenters. The zero-order chi connectivity index (χ0) is 6.69. The number of hydrogen-bond donors (Lipinski definition) is 0. The van der Waals surface area contributed by atoms with E-state index >= 15 is 0 Å². The fourth-order valence-corrected chi connectivity index (χ4v) is 1.07. The van der Waals surface area contributed by atoms with E-state index in [0.717, 1.165) is 6.42 Å². The molecule has 49 valence electrons. The normalized spacial score (nSPS) is 35.6. The van der Waals surface area contributed by atoms with Crippen molar-refractivity contribution in [2.24, 2.45) is 5.92 Å². The van der Waals surface area contributed by atoms with Crippen LogP contribution in [-0.4, -0.2) is 6.17 Å². The molecule has 0 aliphatic heterocycles. The maximum absolute atomic E-state index is 12.6. The topological polar surface area (TPSA) is 23.8 Å². The van der Waals surface area contributed by atoms with E-state index in [1.165, 1.54) is 0 Å². The Morgan fingerprint density at radius 1 is 1.67 bits per heavy atom. The summed E-state index contributed by atoms with van der Waals surface area (Å²) in [5, 5.41) is 8.36. The largest absolute Gasteiger partial charge is 0.246 e. The number of alkyl halides is 1. The average molecular weight is 126 g/mol. The molecule has 1 nitrogen and oxygen atoms in total. The number of nitrogens with zero attached hydrogens (tertiary/aromatic N) is 1. The molecule has 0 heterocycles. The van der Waals surface area contributed by atoms with Gasteiger partial charge >= 0.3 is 0 Å². The number of hydrogen-bond acceptors (Lipinski definition) is 1. The monoisotopic (exact) mass is 126 g/mol. The second-order valence-corrected chi connectivity index (χ2v) is 2.35. The first kappa shape index (κ1) is 6.54. The van der Waals surface area contributed by atoms with Gasteiger partial charge in [-0.2, -0.15) is 5.26 Å². The van der Waals surface area contributed by atoms with Crippen molar-refractivity contribution in [1.82, 2.24) is 0 Å². The van der Waals surface area contributed by atoms with Crippen LogP contribution in [-0.2, 0) is 0 Å². The van der Waals surface area contributed by atoms with E-state index in [1.54, 1.807) is 0 Å². The highest BCUT2D eigenvalue weighted by Gasteiger charge is 2.23. The lowest BCUT2D eigenvalue weighted by atomic mass is 9.89. The van der Waals surface area contributed by atoms with Crippen LogP contribution in [0.25, 0.3) is 0 Å². The Morgan fingerprint density at radius 3 is 2.89 bits per heavy atom. The van der Waals surface area contributed by atoms with Gasteiger partial charge in [-0.05, 0) is 25.7 Å². The summed E-state index contributed by atoms with van der Waals surface area (Å²) in [5.74, 6) is -0.338. The van der Waals surface area contributed by atoms with Crippen molar-refractivity contribution < 1.29 is 4.39 Å². The van der Waals surface area contributed by atoms with Gasteiger partial charge in [-0.3, -0.25) is 0 Å². The van der Waals surface area contributed by atoms with E-state index in [0.29, 0.717) is 12.8 Å². The molecule has 0 spiro atoms. The SMILES string of the molecule is N#CC1CC[CH]CC1F. The molecule has 1 saturated carbocycles. The molecule has 0 amide bonds. The molecule has 1 fully saturated rings. The van der Waals surface area contributed by atoms with Gasteiger partial charge in [-0.25, -0.2) is 4.39 Å². The lowest BCUT2D eigenvalue weighted by Crippen LogP contribution is -2.18. The number of nitriles is 1. The van der Waals surface area contributed by atoms with Crippen molar-refractivity contribution >= 4 is 0 Å². The van der Waals surface area contributed by atoms with Gasteiger partial charge in [0.25, 0.3) is 0 Å². The highest BCUT2D eigenvalue weighted by molar-refractivity contribution is 4.95. The van der Waals surface area contributed by atoms with Crippen LogP contribution in [0.5, 0.6) is 0 Å². The van der Waals surface area contributed by atoms with Crippen LogP contribution in [0.3, 0.4) is 0 Å². The third kappa shape index (κ3) is 1.41. The van der Waals surface area contributed by atoms with Crippen molar-refractivity contribution in [3.8, 4) is 6.07 Å². The predicted molar refractivity (Wildman–Crippen MR) is 32.1 cm³/mol. The minimum atomic E-state index is -0.899. The third-order valence-electron chi connectivity index (χ3n) is 1.68. The van der Waals surface area contributed by atoms with Gasteiger partial charge in [0.15, 0.2) is 0 Å². The van der Waals surface area contributed by atoms with Crippen LogP contribution in [0.1, 0.15) is 19.3 Å². The molecule has 0 aromatic heterocycles. The van der Waals surface area contributed by atoms with Crippen LogP contribution in [0.2, 0.25) is 0 Å². The van der Waals surface area contributed by atoms with E-state index in [-0.39, 0.29) is 5.92 Å². The van der Waals surface area contributed by atoms with E-state index in [9.17, 15) is 4.39 Å². The minimum absolute atomic E-state index is 0.338. The van der Waals surface area contributed by atoms with Crippen molar-refractivity contribution in [2.45, 2.75) is 25.4 Å². The molecule has 1 radical (unpaired) electrons. The third-order valence-corrected chi connectivity index (χ3v) is 1.68. The molecule has 0 aromatic rings. The number of rotatable bonds is 0. The second-order valence-electron chi connectivity index (χ2n) is 2.35. The molecular weight excluding hydrogens is 117 g/mol. The van der Waals surface area contributed by atoms with Crippen molar-refractivity contribution in [3.05, 3.63) is 6.42 Å². The summed E-state index contributed by atoms with van der Waals surface area (Å²) in [5.41, 5.74) is 0. The van der Waals surface area contributed by atoms with Crippen LogP contribution in [0.15, 0.2) is 0 Å². The maximum atomic E-state index is 12.6. The van der Waals surface area contributed by atoms with Gasteiger partial charge in [-0.1, -0.05) is 0 Å². The molecule has 9 heavy (non-hydrogen) atoms.